The second kappa shape index (κ2) is 6.95. The van der Waals surface area contributed by atoms with Gasteiger partial charge < -0.3 is 10.1 Å². The van der Waals surface area contributed by atoms with Gasteiger partial charge in [-0.15, -0.1) is 0 Å². The van der Waals surface area contributed by atoms with Crippen LogP contribution in [0.5, 0.6) is 5.75 Å². The van der Waals surface area contributed by atoms with Crippen molar-refractivity contribution in [2.24, 2.45) is 0 Å². The Morgan fingerprint density at radius 3 is 2.95 bits per heavy atom. The molecule has 0 spiro atoms. The first-order chi connectivity index (χ1) is 9.24. The highest BCUT2D eigenvalue weighted by atomic mass is 16.5. The van der Waals surface area contributed by atoms with Crippen LogP contribution in [0.1, 0.15) is 63.1 Å². The van der Waals surface area contributed by atoms with E-state index in [2.05, 4.69) is 37.4 Å². The number of hydrogen-bond donors (Lipinski definition) is 1. The number of rotatable bonds is 7. The first kappa shape index (κ1) is 14.4. The summed E-state index contributed by atoms with van der Waals surface area (Å²) < 4.78 is 5.34. The highest BCUT2D eigenvalue weighted by Crippen LogP contribution is 2.34. The second-order valence-electron chi connectivity index (χ2n) is 5.72. The Hall–Kier alpha value is -1.02. The highest BCUT2D eigenvalue weighted by molar-refractivity contribution is 5.40. The van der Waals surface area contributed by atoms with Crippen molar-refractivity contribution >= 4 is 0 Å². The van der Waals surface area contributed by atoms with Gasteiger partial charge in [0.2, 0.25) is 0 Å². The van der Waals surface area contributed by atoms with Crippen molar-refractivity contribution < 1.29 is 4.74 Å². The molecule has 0 saturated heterocycles. The van der Waals surface area contributed by atoms with Crippen LogP contribution < -0.4 is 10.1 Å². The van der Waals surface area contributed by atoms with Crippen molar-refractivity contribution in [3.05, 3.63) is 29.3 Å². The number of aryl methyl sites for hydroxylation is 1. The summed E-state index contributed by atoms with van der Waals surface area (Å²) in [6.07, 6.45) is 7.68. The molecule has 2 atom stereocenters. The highest BCUT2D eigenvalue weighted by Gasteiger charge is 2.23. The zero-order valence-electron chi connectivity index (χ0n) is 12.5. The Balaban J connectivity index is 1.93. The van der Waals surface area contributed by atoms with E-state index in [1.165, 1.54) is 49.7 Å². The molecule has 0 aliphatic heterocycles. The van der Waals surface area contributed by atoms with E-state index in [4.69, 9.17) is 4.74 Å². The Morgan fingerprint density at radius 1 is 1.37 bits per heavy atom. The number of benzene rings is 1. The van der Waals surface area contributed by atoms with Gasteiger partial charge in [-0.1, -0.05) is 32.3 Å². The summed E-state index contributed by atoms with van der Waals surface area (Å²) in [6, 6.07) is 7.62. The van der Waals surface area contributed by atoms with E-state index in [0.717, 1.165) is 5.75 Å². The fourth-order valence-electron chi connectivity index (χ4n) is 3.01. The third-order valence-electron chi connectivity index (χ3n) is 4.16. The number of fused-ring (bicyclic) bond motifs is 1. The smallest absolute Gasteiger partial charge is 0.119 e. The Bertz CT molecular complexity index is 402. The topological polar surface area (TPSA) is 21.3 Å². The van der Waals surface area contributed by atoms with Crippen LogP contribution >= 0.6 is 0 Å². The number of nitrogens with one attached hydrogen (secondary N) is 1. The average molecular weight is 261 g/mol. The lowest BCUT2D eigenvalue weighted by Gasteiger charge is -2.20. The zero-order chi connectivity index (χ0) is 13.7. The van der Waals surface area contributed by atoms with Crippen molar-refractivity contribution in [3.8, 4) is 5.75 Å². The van der Waals surface area contributed by atoms with Crippen LogP contribution in [0.15, 0.2) is 18.2 Å². The minimum atomic E-state index is 0.515. The fourth-order valence-corrected chi connectivity index (χ4v) is 3.01. The van der Waals surface area contributed by atoms with Gasteiger partial charge in [-0.3, -0.25) is 0 Å². The van der Waals surface area contributed by atoms with E-state index >= 15 is 0 Å². The summed E-state index contributed by atoms with van der Waals surface area (Å²) in [6.45, 7) is 4.57. The van der Waals surface area contributed by atoms with Gasteiger partial charge in [0.15, 0.2) is 0 Å². The summed E-state index contributed by atoms with van der Waals surface area (Å²) in [5.41, 5.74) is 2.93. The summed E-state index contributed by atoms with van der Waals surface area (Å²) in [5, 5.41) is 3.79. The first-order valence-corrected chi connectivity index (χ1v) is 7.67. The van der Waals surface area contributed by atoms with E-state index in [1.807, 2.05) is 0 Å². The van der Waals surface area contributed by atoms with Gasteiger partial charge in [-0.25, -0.2) is 0 Å². The molecule has 2 nitrogen and oxygen atoms in total. The second-order valence-corrected chi connectivity index (χ2v) is 5.72. The summed E-state index contributed by atoms with van der Waals surface area (Å²) in [4.78, 5) is 0. The van der Waals surface area contributed by atoms with Crippen LogP contribution in [0.3, 0.4) is 0 Å². The first-order valence-electron chi connectivity index (χ1n) is 7.67. The number of hydrogen-bond acceptors (Lipinski definition) is 2. The summed E-state index contributed by atoms with van der Waals surface area (Å²) in [7, 11) is 1.74. The maximum absolute atomic E-state index is 5.34. The third kappa shape index (κ3) is 3.73. The van der Waals surface area contributed by atoms with Gasteiger partial charge in [-0.2, -0.15) is 0 Å². The molecule has 106 valence electrons. The normalized spacial score (nSPS) is 19.2. The number of ether oxygens (including phenoxy) is 1. The van der Waals surface area contributed by atoms with Crippen molar-refractivity contribution in [2.75, 3.05) is 7.11 Å². The van der Waals surface area contributed by atoms with E-state index in [9.17, 15) is 0 Å². The van der Waals surface area contributed by atoms with Gasteiger partial charge in [-0.05, 0) is 49.4 Å². The van der Waals surface area contributed by atoms with Crippen LogP contribution in [-0.2, 0) is 6.42 Å². The fraction of sp³-hybridized carbons (Fsp3) is 0.647. The van der Waals surface area contributed by atoms with E-state index in [1.54, 1.807) is 7.11 Å². The minimum Gasteiger partial charge on any atom is -0.497 e. The van der Waals surface area contributed by atoms with Crippen molar-refractivity contribution in [2.45, 2.75) is 64.5 Å². The lowest BCUT2D eigenvalue weighted by molar-refractivity contribution is 0.407. The van der Waals surface area contributed by atoms with Crippen LogP contribution in [0.25, 0.3) is 0 Å². The molecule has 0 amide bonds. The molecule has 0 saturated carbocycles. The lowest BCUT2D eigenvalue weighted by atomic mass is 10.0. The van der Waals surface area contributed by atoms with Crippen LogP contribution in [0.2, 0.25) is 0 Å². The predicted octanol–water partition coefficient (Wildman–Crippen LogP) is 4.24. The molecule has 1 aliphatic carbocycles. The third-order valence-corrected chi connectivity index (χ3v) is 4.16. The van der Waals surface area contributed by atoms with E-state index in [-0.39, 0.29) is 0 Å². The molecule has 0 fully saturated rings. The molecule has 0 bridgehead atoms. The molecular weight excluding hydrogens is 234 g/mol. The standard InChI is InChI=1S/C17H27NO/c1-4-5-6-7-13(2)18-17-11-9-14-8-10-15(19-3)12-16(14)17/h8,10,12-13,17-18H,4-7,9,11H2,1-3H3. The Morgan fingerprint density at radius 2 is 2.21 bits per heavy atom. The molecule has 0 radical (unpaired) electrons. The predicted molar refractivity (Wildman–Crippen MR) is 80.8 cm³/mol. The molecule has 1 aromatic carbocycles. The van der Waals surface area contributed by atoms with Crippen molar-refractivity contribution in [1.82, 2.24) is 5.32 Å². The summed E-state index contributed by atoms with van der Waals surface area (Å²) >= 11 is 0. The monoisotopic (exact) mass is 261 g/mol. The Kier molecular flexibility index (Phi) is 5.26. The SMILES string of the molecule is CCCCCC(C)NC1CCc2ccc(OC)cc21. The van der Waals surface area contributed by atoms with Gasteiger partial charge in [0.05, 0.1) is 7.11 Å². The van der Waals surface area contributed by atoms with E-state index < -0.39 is 0 Å². The van der Waals surface area contributed by atoms with Crippen molar-refractivity contribution in [3.63, 3.8) is 0 Å². The average Bonchev–Trinajstić information content (AvgIpc) is 2.81. The van der Waals surface area contributed by atoms with Crippen LogP contribution in [0, 0.1) is 0 Å². The van der Waals surface area contributed by atoms with Gasteiger partial charge >= 0.3 is 0 Å². The minimum absolute atomic E-state index is 0.515. The molecule has 1 aliphatic rings. The quantitative estimate of drug-likeness (QED) is 0.741. The molecule has 1 N–H and O–H groups in total. The molecular formula is C17H27NO. The molecule has 2 unspecified atom stereocenters. The van der Waals surface area contributed by atoms with Gasteiger partial charge in [0.25, 0.3) is 0 Å². The summed E-state index contributed by atoms with van der Waals surface area (Å²) in [5.74, 6) is 0.978. The van der Waals surface area contributed by atoms with Gasteiger partial charge in [0.1, 0.15) is 5.75 Å². The molecule has 2 heteroatoms. The van der Waals surface area contributed by atoms with Gasteiger partial charge in [0, 0.05) is 12.1 Å². The van der Waals surface area contributed by atoms with Crippen LogP contribution in [-0.4, -0.2) is 13.2 Å². The van der Waals surface area contributed by atoms with Crippen molar-refractivity contribution in [1.29, 1.82) is 0 Å². The number of methoxy groups -OCH3 is 1. The maximum atomic E-state index is 5.34. The molecule has 19 heavy (non-hydrogen) atoms. The maximum Gasteiger partial charge on any atom is 0.119 e. The molecule has 1 aromatic rings. The number of unbranched alkanes of at least 4 members (excludes halogenated alkanes) is 2. The van der Waals surface area contributed by atoms with E-state index in [0.29, 0.717) is 12.1 Å². The van der Waals surface area contributed by atoms with Crippen LogP contribution in [0.4, 0.5) is 0 Å². The lowest BCUT2D eigenvalue weighted by Crippen LogP contribution is -2.29. The molecule has 0 aromatic heterocycles. The Labute approximate surface area is 117 Å². The zero-order valence-corrected chi connectivity index (χ0v) is 12.5. The molecule has 2 rings (SSSR count). The largest absolute Gasteiger partial charge is 0.497 e. The molecule has 0 heterocycles.